The molecular formula is C15H32N2O3. The molecule has 0 aromatic rings. The molecule has 120 valence electrons. The van der Waals surface area contributed by atoms with Gasteiger partial charge in [0.05, 0.1) is 25.4 Å². The van der Waals surface area contributed by atoms with Crippen LogP contribution in [-0.2, 0) is 9.47 Å². The Kier molecular flexibility index (Phi) is 9.39. The van der Waals surface area contributed by atoms with E-state index in [1.807, 2.05) is 13.8 Å². The number of piperidine rings is 1. The van der Waals surface area contributed by atoms with Crippen molar-refractivity contribution < 1.29 is 14.6 Å². The summed E-state index contributed by atoms with van der Waals surface area (Å²) in [7, 11) is 1.73. The van der Waals surface area contributed by atoms with E-state index in [0.29, 0.717) is 12.5 Å². The SMILES string of the molecule is COCCNCC1CCCN(CC(O)COC(C)C)C1. The van der Waals surface area contributed by atoms with Gasteiger partial charge in [-0.1, -0.05) is 0 Å². The highest BCUT2D eigenvalue weighted by molar-refractivity contribution is 4.76. The van der Waals surface area contributed by atoms with Crippen LogP contribution in [0, 0.1) is 5.92 Å². The van der Waals surface area contributed by atoms with Crippen molar-refractivity contribution in [2.45, 2.75) is 38.9 Å². The molecule has 2 atom stereocenters. The van der Waals surface area contributed by atoms with Crippen LogP contribution in [0.5, 0.6) is 0 Å². The highest BCUT2D eigenvalue weighted by Gasteiger charge is 2.21. The maximum atomic E-state index is 9.98. The number of nitrogens with zero attached hydrogens (tertiary/aromatic N) is 1. The Morgan fingerprint density at radius 1 is 1.40 bits per heavy atom. The molecule has 1 aliphatic heterocycles. The molecule has 5 heteroatoms. The molecule has 1 fully saturated rings. The number of methoxy groups -OCH3 is 1. The van der Waals surface area contributed by atoms with Crippen molar-refractivity contribution in [1.29, 1.82) is 0 Å². The highest BCUT2D eigenvalue weighted by Crippen LogP contribution is 2.16. The third-order valence-electron chi connectivity index (χ3n) is 3.61. The fourth-order valence-electron chi connectivity index (χ4n) is 2.62. The Balaban J connectivity index is 2.16. The number of aliphatic hydroxyl groups is 1. The maximum absolute atomic E-state index is 9.98. The molecule has 0 saturated carbocycles. The number of β-amino-alcohol motifs (C(OH)–C–C–N with tert-alkyl or cyclic N) is 1. The summed E-state index contributed by atoms with van der Waals surface area (Å²) in [4.78, 5) is 2.36. The van der Waals surface area contributed by atoms with Gasteiger partial charge in [0.15, 0.2) is 0 Å². The summed E-state index contributed by atoms with van der Waals surface area (Å²) in [5.74, 6) is 0.679. The average molecular weight is 288 g/mol. The molecule has 0 spiro atoms. The predicted molar refractivity (Wildman–Crippen MR) is 81.0 cm³/mol. The van der Waals surface area contributed by atoms with Gasteiger partial charge >= 0.3 is 0 Å². The van der Waals surface area contributed by atoms with Gasteiger partial charge < -0.3 is 24.8 Å². The number of aliphatic hydroxyl groups excluding tert-OH is 1. The molecule has 0 amide bonds. The molecule has 1 aliphatic rings. The van der Waals surface area contributed by atoms with Crippen LogP contribution in [0.25, 0.3) is 0 Å². The fraction of sp³-hybridized carbons (Fsp3) is 1.00. The van der Waals surface area contributed by atoms with Gasteiger partial charge in [-0.25, -0.2) is 0 Å². The molecule has 5 nitrogen and oxygen atoms in total. The van der Waals surface area contributed by atoms with Crippen molar-refractivity contribution >= 4 is 0 Å². The quantitative estimate of drug-likeness (QED) is 0.580. The van der Waals surface area contributed by atoms with Gasteiger partial charge in [-0.3, -0.25) is 0 Å². The van der Waals surface area contributed by atoms with Crippen LogP contribution >= 0.6 is 0 Å². The first-order chi connectivity index (χ1) is 9.61. The first-order valence-electron chi connectivity index (χ1n) is 7.83. The molecule has 2 N–H and O–H groups in total. The van der Waals surface area contributed by atoms with Crippen molar-refractivity contribution in [3.05, 3.63) is 0 Å². The van der Waals surface area contributed by atoms with Gasteiger partial charge in [0, 0.05) is 26.7 Å². The van der Waals surface area contributed by atoms with E-state index in [1.54, 1.807) is 7.11 Å². The minimum absolute atomic E-state index is 0.184. The molecule has 1 saturated heterocycles. The van der Waals surface area contributed by atoms with Gasteiger partial charge in [-0.2, -0.15) is 0 Å². The minimum Gasteiger partial charge on any atom is -0.389 e. The molecule has 0 aromatic carbocycles. The van der Waals surface area contributed by atoms with Gasteiger partial charge in [-0.15, -0.1) is 0 Å². The molecule has 0 radical (unpaired) electrons. The van der Waals surface area contributed by atoms with E-state index < -0.39 is 0 Å². The van der Waals surface area contributed by atoms with Crippen LogP contribution in [-0.4, -0.2) is 75.3 Å². The summed E-state index contributed by atoms with van der Waals surface area (Å²) < 4.78 is 10.5. The average Bonchev–Trinajstić information content (AvgIpc) is 2.42. The van der Waals surface area contributed by atoms with Gasteiger partial charge in [0.2, 0.25) is 0 Å². The summed E-state index contributed by atoms with van der Waals surface area (Å²) in [5.41, 5.74) is 0. The number of nitrogens with one attached hydrogen (secondary N) is 1. The van der Waals surface area contributed by atoms with E-state index in [-0.39, 0.29) is 12.2 Å². The van der Waals surface area contributed by atoms with Crippen LogP contribution in [0.3, 0.4) is 0 Å². The van der Waals surface area contributed by atoms with Gasteiger partial charge in [-0.05, 0) is 45.7 Å². The Morgan fingerprint density at radius 3 is 2.90 bits per heavy atom. The third kappa shape index (κ3) is 8.17. The first-order valence-corrected chi connectivity index (χ1v) is 7.83. The molecule has 0 aliphatic carbocycles. The molecule has 20 heavy (non-hydrogen) atoms. The smallest absolute Gasteiger partial charge is 0.0900 e. The molecule has 1 heterocycles. The van der Waals surface area contributed by atoms with E-state index in [2.05, 4.69) is 10.2 Å². The number of likely N-dealkylation sites (tertiary alicyclic amines) is 1. The van der Waals surface area contributed by atoms with Crippen molar-refractivity contribution in [2.75, 3.05) is 53.0 Å². The fourth-order valence-corrected chi connectivity index (χ4v) is 2.62. The van der Waals surface area contributed by atoms with Crippen molar-refractivity contribution in [3.63, 3.8) is 0 Å². The van der Waals surface area contributed by atoms with Gasteiger partial charge in [0.1, 0.15) is 0 Å². The van der Waals surface area contributed by atoms with E-state index in [9.17, 15) is 5.11 Å². The van der Waals surface area contributed by atoms with Crippen LogP contribution < -0.4 is 5.32 Å². The van der Waals surface area contributed by atoms with Gasteiger partial charge in [0.25, 0.3) is 0 Å². The molecule has 1 rings (SSSR count). The minimum atomic E-state index is -0.377. The lowest BCUT2D eigenvalue weighted by atomic mass is 9.97. The maximum Gasteiger partial charge on any atom is 0.0900 e. The topological polar surface area (TPSA) is 54.0 Å². The summed E-state index contributed by atoms with van der Waals surface area (Å²) in [6.45, 7) is 10.0. The lowest BCUT2D eigenvalue weighted by Gasteiger charge is -2.34. The Bertz CT molecular complexity index is 239. The normalized spacial score (nSPS) is 22.4. The second kappa shape index (κ2) is 10.5. The van der Waals surface area contributed by atoms with Crippen LogP contribution in [0.4, 0.5) is 0 Å². The summed E-state index contributed by atoms with van der Waals surface area (Å²) in [6.07, 6.45) is 2.30. The largest absolute Gasteiger partial charge is 0.389 e. The first kappa shape index (κ1) is 17.9. The standard InChI is InChI=1S/C15H32N2O3/c1-13(2)20-12-15(18)11-17-7-4-5-14(10-17)9-16-6-8-19-3/h13-16,18H,4-12H2,1-3H3. The van der Waals surface area contributed by atoms with E-state index in [1.165, 1.54) is 12.8 Å². The van der Waals surface area contributed by atoms with Crippen molar-refractivity contribution in [3.8, 4) is 0 Å². The lowest BCUT2D eigenvalue weighted by Crippen LogP contribution is -2.44. The van der Waals surface area contributed by atoms with Crippen LogP contribution in [0.15, 0.2) is 0 Å². The zero-order valence-corrected chi connectivity index (χ0v) is 13.3. The second-order valence-electron chi connectivity index (χ2n) is 6.00. The Hall–Kier alpha value is -0.200. The molecule has 2 unspecified atom stereocenters. The van der Waals surface area contributed by atoms with E-state index >= 15 is 0 Å². The predicted octanol–water partition coefficient (Wildman–Crippen LogP) is 0.720. The summed E-state index contributed by atoms with van der Waals surface area (Å²) in [5, 5.41) is 13.4. The van der Waals surface area contributed by atoms with Crippen LogP contribution in [0.2, 0.25) is 0 Å². The zero-order chi connectivity index (χ0) is 14.8. The lowest BCUT2D eigenvalue weighted by molar-refractivity contribution is -0.0135. The van der Waals surface area contributed by atoms with E-state index in [0.717, 1.165) is 39.3 Å². The molecule has 0 bridgehead atoms. The number of hydrogen-bond donors (Lipinski definition) is 2. The molecule has 0 aromatic heterocycles. The second-order valence-corrected chi connectivity index (χ2v) is 6.00. The highest BCUT2D eigenvalue weighted by atomic mass is 16.5. The number of ether oxygens (including phenoxy) is 2. The van der Waals surface area contributed by atoms with Crippen molar-refractivity contribution in [1.82, 2.24) is 10.2 Å². The molecular weight excluding hydrogens is 256 g/mol. The number of hydrogen-bond acceptors (Lipinski definition) is 5. The summed E-state index contributed by atoms with van der Waals surface area (Å²) in [6, 6.07) is 0. The van der Waals surface area contributed by atoms with E-state index in [4.69, 9.17) is 9.47 Å². The van der Waals surface area contributed by atoms with Crippen LogP contribution in [0.1, 0.15) is 26.7 Å². The van der Waals surface area contributed by atoms with Crippen molar-refractivity contribution in [2.24, 2.45) is 5.92 Å². The monoisotopic (exact) mass is 288 g/mol. The third-order valence-corrected chi connectivity index (χ3v) is 3.61. The Labute approximate surface area is 123 Å². The zero-order valence-electron chi connectivity index (χ0n) is 13.3. The summed E-state index contributed by atoms with van der Waals surface area (Å²) >= 11 is 0. The Morgan fingerprint density at radius 2 is 2.20 bits per heavy atom. The number of rotatable bonds is 10.